The molecular formula is C33H35F5N2O4. The van der Waals surface area contributed by atoms with Gasteiger partial charge in [-0.15, -0.1) is 0 Å². The summed E-state index contributed by atoms with van der Waals surface area (Å²) < 4.78 is 81.9. The van der Waals surface area contributed by atoms with Crippen LogP contribution in [0.3, 0.4) is 0 Å². The molecule has 2 saturated heterocycles. The van der Waals surface area contributed by atoms with E-state index in [1.165, 1.54) is 31.4 Å². The quantitative estimate of drug-likeness (QED) is 0.167. The molecule has 4 atom stereocenters. The fraction of sp³-hybridized carbons (Fsp3) is 0.424. The maximum Gasteiger partial charge on any atom is 0.261 e. The molecule has 6 nitrogen and oxygen atoms in total. The Labute approximate surface area is 252 Å². The van der Waals surface area contributed by atoms with Gasteiger partial charge >= 0.3 is 0 Å². The number of anilines is 1. The van der Waals surface area contributed by atoms with E-state index in [1.54, 1.807) is 12.1 Å². The number of carbonyl (C=O) groups excluding carboxylic acids is 1. The maximum absolute atomic E-state index is 14.1. The van der Waals surface area contributed by atoms with Gasteiger partial charge in [0.15, 0.2) is 29.6 Å². The van der Waals surface area contributed by atoms with Crippen molar-refractivity contribution in [3.63, 3.8) is 0 Å². The third kappa shape index (κ3) is 6.96. The zero-order chi connectivity index (χ0) is 31.4. The molecule has 2 heterocycles. The van der Waals surface area contributed by atoms with Gasteiger partial charge in [0.05, 0.1) is 18.8 Å². The zero-order valence-corrected chi connectivity index (χ0v) is 24.3. The second-order valence-corrected chi connectivity index (χ2v) is 11.4. The predicted molar refractivity (Wildman–Crippen MR) is 153 cm³/mol. The third-order valence-corrected chi connectivity index (χ3v) is 8.39. The van der Waals surface area contributed by atoms with Gasteiger partial charge in [-0.1, -0.05) is 62.6 Å². The summed E-state index contributed by atoms with van der Waals surface area (Å²) >= 11 is 0. The first-order valence-electron chi connectivity index (χ1n) is 14.8. The fourth-order valence-corrected chi connectivity index (χ4v) is 5.80. The number of halogens is 5. The van der Waals surface area contributed by atoms with Gasteiger partial charge in [0, 0.05) is 23.7 Å². The molecule has 3 aromatic rings. The molecule has 44 heavy (non-hydrogen) atoms. The summed E-state index contributed by atoms with van der Waals surface area (Å²) in [6, 6.07) is 13.6. The Morgan fingerprint density at radius 1 is 0.795 bits per heavy atom. The van der Waals surface area contributed by atoms with Crippen molar-refractivity contribution >= 4 is 11.6 Å². The summed E-state index contributed by atoms with van der Waals surface area (Å²) in [7, 11) is 0. The van der Waals surface area contributed by atoms with Crippen molar-refractivity contribution in [3.8, 4) is 0 Å². The van der Waals surface area contributed by atoms with Gasteiger partial charge in [-0.2, -0.15) is 0 Å². The molecule has 0 spiro atoms. The summed E-state index contributed by atoms with van der Waals surface area (Å²) in [5.41, 5.74) is 0.833. The van der Waals surface area contributed by atoms with Crippen LogP contribution in [0.15, 0.2) is 48.5 Å². The number of carbonyl (C=O) groups is 1. The average Bonchev–Trinajstić information content (AvgIpc) is 3.01. The van der Waals surface area contributed by atoms with E-state index < -0.39 is 46.8 Å². The molecule has 4 unspecified atom stereocenters. The lowest BCUT2D eigenvalue weighted by Gasteiger charge is -2.43. The van der Waals surface area contributed by atoms with Crippen molar-refractivity contribution in [1.29, 1.82) is 0 Å². The highest BCUT2D eigenvalue weighted by Crippen LogP contribution is 2.42. The van der Waals surface area contributed by atoms with Crippen LogP contribution >= 0.6 is 0 Å². The Kier molecular flexibility index (Phi) is 10.3. The Bertz CT molecular complexity index is 1420. The van der Waals surface area contributed by atoms with Crippen molar-refractivity contribution in [2.75, 3.05) is 25.0 Å². The van der Waals surface area contributed by atoms with E-state index in [-0.39, 0.29) is 30.4 Å². The highest BCUT2D eigenvalue weighted by atomic mass is 19.2. The molecule has 2 aliphatic heterocycles. The number of amides is 1. The number of aliphatic hydroxyl groups excluding tert-OH is 1. The predicted octanol–water partition coefficient (Wildman–Crippen LogP) is 7.18. The minimum atomic E-state index is -2.34. The number of nitrogens with zero attached hydrogens (tertiary/aromatic N) is 1. The largest absolute Gasteiger partial charge is 0.392 e. The van der Waals surface area contributed by atoms with E-state index in [2.05, 4.69) is 17.1 Å². The Balaban J connectivity index is 1.36. The topological polar surface area (TPSA) is 71.0 Å². The number of hydrogen-bond acceptors (Lipinski definition) is 5. The molecule has 0 aliphatic carbocycles. The van der Waals surface area contributed by atoms with Gasteiger partial charge in [0.1, 0.15) is 5.56 Å². The first kappa shape index (κ1) is 32.0. The van der Waals surface area contributed by atoms with Gasteiger partial charge in [-0.25, -0.2) is 22.0 Å². The Morgan fingerprint density at radius 3 is 1.93 bits per heavy atom. The highest BCUT2D eigenvalue weighted by Gasteiger charge is 2.39. The second kappa shape index (κ2) is 14.2. The summed E-state index contributed by atoms with van der Waals surface area (Å²) in [6.07, 6.45) is 4.64. The molecule has 5 rings (SSSR count). The van der Waals surface area contributed by atoms with Crippen LogP contribution in [-0.4, -0.2) is 41.7 Å². The van der Waals surface area contributed by atoms with Crippen LogP contribution in [0.5, 0.6) is 0 Å². The number of nitrogens with one attached hydrogen (secondary N) is 1. The van der Waals surface area contributed by atoms with E-state index in [0.29, 0.717) is 5.56 Å². The smallest absolute Gasteiger partial charge is 0.261 e. The van der Waals surface area contributed by atoms with Crippen molar-refractivity contribution < 1.29 is 41.3 Å². The number of aliphatic hydroxyl groups is 1. The number of hydrogen-bond donors (Lipinski definition) is 2. The molecule has 236 valence electrons. The van der Waals surface area contributed by atoms with Crippen LogP contribution in [0.1, 0.15) is 78.5 Å². The zero-order valence-electron chi connectivity index (χ0n) is 24.3. The minimum absolute atomic E-state index is 0.00322. The van der Waals surface area contributed by atoms with E-state index in [1.807, 2.05) is 24.3 Å². The van der Waals surface area contributed by atoms with Crippen LogP contribution in [0.2, 0.25) is 0 Å². The minimum Gasteiger partial charge on any atom is -0.392 e. The maximum atomic E-state index is 14.1. The van der Waals surface area contributed by atoms with Crippen molar-refractivity contribution in [1.82, 2.24) is 4.90 Å². The molecule has 2 aliphatic rings. The summed E-state index contributed by atoms with van der Waals surface area (Å²) in [5.74, 6) is -12.6. The highest BCUT2D eigenvalue weighted by molar-refractivity contribution is 6.04. The molecule has 1 amide bonds. The SMILES string of the molecule is CC1C(CN2CCCCCCC2)OC(c2ccc(NC(=O)c3c(F)c(F)c(F)c(F)c3F)cc2)OC1c1ccc(CO)cc1. The molecule has 0 radical (unpaired) electrons. The molecule has 2 N–H and O–H groups in total. The van der Waals surface area contributed by atoms with E-state index in [9.17, 15) is 31.9 Å². The molecule has 0 bridgehead atoms. The molecule has 2 fully saturated rings. The van der Waals surface area contributed by atoms with Gasteiger partial charge in [0.2, 0.25) is 5.82 Å². The Hall–Kier alpha value is -3.38. The van der Waals surface area contributed by atoms with E-state index in [0.717, 1.165) is 43.6 Å². The average molecular weight is 619 g/mol. The van der Waals surface area contributed by atoms with E-state index >= 15 is 0 Å². The third-order valence-electron chi connectivity index (χ3n) is 8.39. The lowest BCUT2D eigenvalue weighted by molar-refractivity contribution is -0.276. The van der Waals surface area contributed by atoms with Crippen LogP contribution < -0.4 is 5.32 Å². The van der Waals surface area contributed by atoms with Gasteiger partial charge < -0.3 is 24.8 Å². The number of likely N-dealkylation sites (tertiary alicyclic amines) is 1. The van der Waals surface area contributed by atoms with Gasteiger partial charge in [-0.3, -0.25) is 4.79 Å². The van der Waals surface area contributed by atoms with Crippen LogP contribution in [0.25, 0.3) is 0 Å². The molecular weight excluding hydrogens is 583 g/mol. The number of rotatable bonds is 7. The standard InChI is InChI=1S/C33H35F5N2O4/c1-19-24(17-40-15-5-3-2-4-6-16-40)43-33(44-31(19)21-9-7-20(18-41)8-10-21)22-11-13-23(14-12-22)39-32(42)25-26(34)28(36)30(38)29(37)27(25)35/h7-14,19,24,31,33,41H,2-6,15-18H2,1H3,(H,39,42). The summed E-state index contributed by atoms with van der Waals surface area (Å²) in [6.45, 7) is 4.73. The van der Waals surface area contributed by atoms with Crippen molar-refractivity contribution in [3.05, 3.63) is 99.9 Å². The molecule has 3 aromatic carbocycles. The summed E-state index contributed by atoms with van der Waals surface area (Å²) in [5, 5.41) is 11.7. The Morgan fingerprint density at radius 2 is 1.34 bits per heavy atom. The summed E-state index contributed by atoms with van der Waals surface area (Å²) in [4.78, 5) is 14.9. The van der Waals surface area contributed by atoms with Gasteiger partial charge in [0.25, 0.3) is 5.91 Å². The number of benzene rings is 3. The normalized spacial score (nSPS) is 23.2. The monoisotopic (exact) mass is 618 g/mol. The lowest BCUT2D eigenvalue weighted by Crippen LogP contribution is -2.45. The first-order chi connectivity index (χ1) is 21.2. The van der Waals surface area contributed by atoms with Crippen molar-refractivity contribution in [2.45, 2.75) is 64.1 Å². The first-order valence-corrected chi connectivity index (χ1v) is 14.8. The second-order valence-electron chi connectivity index (χ2n) is 11.4. The van der Waals surface area contributed by atoms with Crippen LogP contribution in [0, 0.1) is 35.0 Å². The van der Waals surface area contributed by atoms with Crippen molar-refractivity contribution in [2.24, 2.45) is 5.92 Å². The molecule has 0 saturated carbocycles. The fourth-order valence-electron chi connectivity index (χ4n) is 5.80. The molecule has 11 heteroatoms. The van der Waals surface area contributed by atoms with Crippen LogP contribution in [0.4, 0.5) is 27.6 Å². The molecule has 0 aromatic heterocycles. The van der Waals surface area contributed by atoms with Crippen LogP contribution in [-0.2, 0) is 16.1 Å². The lowest BCUT2D eigenvalue weighted by atomic mass is 9.89. The number of ether oxygens (including phenoxy) is 2. The van der Waals surface area contributed by atoms with Gasteiger partial charge in [-0.05, 0) is 49.2 Å². The van der Waals surface area contributed by atoms with E-state index in [4.69, 9.17) is 9.47 Å².